The number of carbonyl (C=O) groups is 2. The van der Waals surface area contributed by atoms with Gasteiger partial charge in [-0.05, 0) is 12.8 Å². The zero-order chi connectivity index (χ0) is 14.9. The van der Waals surface area contributed by atoms with Crippen molar-refractivity contribution in [2.24, 2.45) is 5.92 Å². The topological polar surface area (TPSA) is 88.3 Å². The van der Waals surface area contributed by atoms with E-state index in [4.69, 9.17) is 4.52 Å². The van der Waals surface area contributed by atoms with Crippen molar-refractivity contribution >= 4 is 11.8 Å². The van der Waals surface area contributed by atoms with E-state index in [1.807, 2.05) is 13.8 Å². The highest BCUT2D eigenvalue weighted by Crippen LogP contribution is 2.19. The molecule has 0 spiro atoms. The number of amides is 2. The summed E-state index contributed by atoms with van der Waals surface area (Å²) in [5.41, 5.74) is 0. The Morgan fingerprint density at radius 3 is 2.70 bits per heavy atom. The van der Waals surface area contributed by atoms with Crippen molar-refractivity contribution in [2.45, 2.75) is 52.7 Å². The zero-order valence-electron chi connectivity index (χ0n) is 12.2. The Bertz CT molecular complexity index is 513. The van der Waals surface area contributed by atoms with Crippen molar-refractivity contribution in [3.05, 3.63) is 11.7 Å². The third-order valence-electron chi connectivity index (χ3n) is 3.79. The van der Waals surface area contributed by atoms with E-state index in [0.29, 0.717) is 11.7 Å². The lowest BCUT2D eigenvalue weighted by Gasteiger charge is -2.38. The van der Waals surface area contributed by atoms with E-state index in [9.17, 15) is 9.59 Å². The van der Waals surface area contributed by atoms with Gasteiger partial charge in [0.1, 0.15) is 12.1 Å². The lowest BCUT2D eigenvalue weighted by atomic mass is 9.94. The summed E-state index contributed by atoms with van der Waals surface area (Å²) in [6.07, 6.45) is 0.820. The monoisotopic (exact) mass is 280 g/mol. The normalized spacial score (nSPS) is 24.7. The minimum atomic E-state index is -0.526. The van der Waals surface area contributed by atoms with Crippen LogP contribution in [0.4, 0.5) is 0 Å². The molecule has 1 aliphatic rings. The summed E-state index contributed by atoms with van der Waals surface area (Å²) < 4.78 is 4.90. The highest BCUT2D eigenvalue weighted by Gasteiger charge is 2.40. The molecule has 1 fully saturated rings. The van der Waals surface area contributed by atoms with E-state index in [-0.39, 0.29) is 24.3 Å². The predicted molar refractivity (Wildman–Crippen MR) is 70.4 cm³/mol. The first kappa shape index (κ1) is 14.5. The van der Waals surface area contributed by atoms with E-state index in [2.05, 4.69) is 15.5 Å². The zero-order valence-corrected chi connectivity index (χ0v) is 12.2. The first-order valence-corrected chi connectivity index (χ1v) is 6.84. The number of aromatic nitrogens is 2. The Morgan fingerprint density at radius 1 is 1.45 bits per heavy atom. The molecule has 1 aromatic heterocycles. The molecule has 0 aliphatic carbocycles. The summed E-state index contributed by atoms with van der Waals surface area (Å²) >= 11 is 0. The number of rotatable bonds is 4. The maximum atomic E-state index is 12.5. The molecule has 2 rings (SSSR count). The molecule has 0 radical (unpaired) electrons. The van der Waals surface area contributed by atoms with Gasteiger partial charge in [-0.2, -0.15) is 4.98 Å². The standard InChI is InChI=1S/C13H20N4O3/c1-5-7(2)11-13(19)17(8(3)12(18)15-11)6-10-14-9(4)20-16-10/h7-8,11H,5-6H2,1-4H3,(H,15,18). The molecule has 1 aromatic rings. The maximum absolute atomic E-state index is 12.5. The first-order valence-electron chi connectivity index (χ1n) is 6.84. The number of hydrogen-bond acceptors (Lipinski definition) is 5. The Labute approximate surface area is 117 Å². The van der Waals surface area contributed by atoms with Crippen molar-refractivity contribution < 1.29 is 14.1 Å². The molecule has 3 atom stereocenters. The summed E-state index contributed by atoms with van der Waals surface area (Å²) in [6.45, 7) is 7.53. The van der Waals surface area contributed by atoms with E-state index in [0.717, 1.165) is 6.42 Å². The molecule has 0 bridgehead atoms. The van der Waals surface area contributed by atoms with Crippen molar-refractivity contribution in [3.8, 4) is 0 Å². The fourth-order valence-corrected chi connectivity index (χ4v) is 2.24. The van der Waals surface area contributed by atoms with Crippen molar-refractivity contribution in [1.29, 1.82) is 0 Å². The fraction of sp³-hybridized carbons (Fsp3) is 0.692. The first-order chi connectivity index (χ1) is 9.43. The quantitative estimate of drug-likeness (QED) is 0.874. The minimum absolute atomic E-state index is 0.0890. The molecule has 1 N–H and O–H groups in total. The van der Waals surface area contributed by atoms with E-state index < -0.39 is 12.1 Å². The number of hydrogen-bond donors (Lipinski definition) is 1. The highest BCUT2D eigenvalue weighted by atomic mass is 16.5. The Balaban J connectivity index is 2.19. The van der Waals surface area contributed by atoms with Crippen molar-refractivity contribution in [2.75, 3.05) is 0 Å². The molecule has 1 saturated heterocycles. The summed E-state index contributed by atoms with van der Waals surface area (Å²) in [7, 11) is 0. The van der Waals surface area contributed by atoms with Crippen LogP contribution in [0.2, 0.25) is 0 Å². The van der Waals surface area contributed by atoms with Crippen LogP contribution in [0, 0.1) is 12.8 Å². The van der Waals surface area contributed by atoms with Gasteiger partial charge in [-0.3, -0.25) is 9.59 Å². The second-order valence-corrected chi connectivity index (χ2v) is 5.24. The van der Waals surface area contributed by atoms with Gasteiger partial charge in [-0.25, -0.2) is 0 Å². The Hall–Kier alpha value is -1.92. The van der Waals surface area contributed by atoms with Gasteiger partial charge in [0.15, 0.2) is 5.82 Å². The van der Waals surface area contributed by atoms with Crippen LogP contribution in [0.25, 0.3) is 0 Å². The molecule has 2 heterocycles. The molecule has 7 heteroatoms. The average Bonchev–Trinajstić information content (AvgIpc) is 2.83. The van der Waals surface area contributed by atoms with Gasteiger partial charge in [0.05, 0.1) is 6.54 Å². The van der Waals surface area contributed by atoms with Gasteiger partial charge >= 0.3 is 0 Å². The van der Waals surface area contributed by atoms with E-state index >= 15 is 0 Å². The van der Waals surface area contributed by atoms with Gasteiger partial charge in [-0.1, -0.05) is 25.4 Å². The third kappa shape index (κ3) is 2.66. The SMILES string of the molecule is CCC(C)C1NC(=O)C(C)N(Cc2noc(C)n2)C1=O. The van der Waals surface area contributed by atoms with Gasteiger partial charge in [0.25, 0.3) is 0 Å². The van der Waals surface area contributed by atoms with Crippen LogP contribution in [0.15, 0.2) is 4.52 Å². The molecule has 3 unspecified atom stereocenters. The Morgan fingerprint density at radius 2 is 2.15 bits per heavy atom. The molecular weight excluding hydrogens is 260 g/mol. The van der Waals surface area contributed by atoms with Crippen LogP contribution in [-0.2, 0) is 16.1 Å². The smallest absolute Gasteiger partial charge is 0.246 e. The largest absolute Gasteiger partial charge is 0.342 e. The second-order valence-electron chi connectivity index (χ2n) is 5.24. The van der Waals surface area contributed by atoms with E-state index in [1.165, 1.54) is 4.90 Å². The van der Waals surface area contributed by atoms with Crippen LogP contribution >= 0.6 is 0 Å². The number of nitrogens with one attached hydrogen (secondary N) is 1. The van der Waals surface area contributed by atoms with Gasteiger partial charge in [0, 0.05) is 6.92 Å². The molecule has 0 saturated carbocycles. The maximum Gasteiger partial charge on any atom is 0.246 e. The fourth-order valence-electron chi connectivity index (χ4n) is 2.24. The van der Waals surface area contributed by atoms with Crippen LogP contribution in [0.3, 0.4) is 0 Å². The minimum Gasteiger partial charge on any atom is -0.342 e. The van der Waals surface area contributed by atoms with Crippen LogP contribution in [-0.4, -0.2) is 38.9 Å². The molecule has 0 aromatic carbocycles. The summed E-state index contributed by atoms with van der Waals surface area (Å²) in [5, 5.41) is 6.58. The number of piperazine rings is 1. The molecule has 7 nitrogen and oxygen atoms in total. The van der Waals surface area contributed by atoms with Crippen LogP contribution in [0.1, 0.15) is 38.9 Å². The van der Waals surface area contributed by atoms with E-state index in [1.54, 1.807) is 13.8 Å². The lowest BCUT2D eigenvalue weighted by molar-refractivity contribution is -0.150. The summed E-state index contributed by atoms with van der Waals surface area (Å²) in [4.78, 5) is 30.1. The Kier molecular flexibility index (Phi) is 4.06. The average molecular weight is 280 g/mol. The van der Waals surface area contributed by atoms with Gasteiger partial charge in [-0.15, -0.1) is 0 Å². The number of aryl methyl sites for hydroxylation is 1. The van der Waals surface area contributed by atoms with Gasteiger partial charge < -0.3 is 14.7 Å². The van der Waals surface area contributed by atoms with Crippen LogP contribution in [0.5, 0.6) is 0 Å². The van der Waals surface area contributed by atoms with Gasteiger partial charge in [0.2, 0.25) is 17.7 Å². The molecule has 110 valence electrons. The second kappa shape index (κ2) is 5.60. The lowest BCUT2D eigenvalue weighted by Crippen LogP contribution is -2.63. The van der Waals surface area contributed by atoms with Crippen molar-refractivity contribution in [3.63, 3.8) is 0 Å². The summed E-state index contributed by atoms with van der Waals surface area (Å²) in [5.74, 6) is 0.720. The molecule has 2 amide bonds. The third-order valence-corrected chi connectivity index (χ3v) is 3.79. The molecule has 1 aliphatic heterocycles. The molecule has 20 heavy (non-hydrogen) atoms. The number of carbonyl (C=O) groups excluding carboxylic acids is 2. The molecular formula is C13H20N4O3. The summed E-state index contributed by atoms with van der Waals surface area (Å²) in [6, 6.07) is -1.00. The van der Waals surface area contributed by atoms with Crippen LogP contribution < -0.4 is 5.32 Å². The van der Waals surface area contributed by atoms with Crippen molar-refractivity contribution in [1.82, 2.24) is 20.4 Å². The number of nitrogens with zero attached hydrogens (tertiary/aromatic N) is 3. The predicted octanol–water partition coefficient (Wildman–Crippen LogP) is 0.640. The highest BCUT2D eigenvalue weighted by molar-refractivity contribution is 5.96.